The van der Waals surface area contributed by atoms with Gasteiger partial charge in [-0.1, -0.05) is 84.3 Å². The van der Waals surface area contributed by atoms with Crippen LogP contribution in [0.2, 0.25) is 0 Å². The lowest BCUT2D eigenvalue weighted by Crippen LogP contribution is -2.15. The van der Waals surface area contributed by atoms with Gasteiger partial charge in [0.15, 0.2) is 0 Å². The number of carboxylic acids is 1. The van der Waals surface area contributed by atoms with Gasteiger partial charge in [-0.25, -0.2) is 0 Å². The Labute approximate surface area is 155 Å². The second-order valence-electron chi connectivity index (χ2n) is 7.71. The predicted octanol–water partition coefficient (Wildman–Crippen LogP) is 6.35. The van der Waals surface area contributed by atoms with Gasteiger partial charge in [0, 0.05) is 6.42 Å². The number of aliphatic carboxylic acids is 1. The normalized spacial score (nSPS) is 15.4. The summed E-state index contributed by atoms with van der Waals surface area (Å²) in [6.45, 7) is 6.68. The van der Waals surface area contributed by atoms with Crippen molar-refractivity contribution in [3.05, 3.63) is 12.2 Å². The SMILES string of the molecule is CCC(C)CCCCCCCC=CC(C)C(O)CCCCCC(=O)O. The summed E-state index contributed by atoms with van der Waals surface area (Å²) in [5.41, 5.74) is 0. The summed E-state index contributed by atoms with van der Waals surface area (Å²) in [6.07, 6.45) is 18.0. The Balaban J connectivity index is 3.52. The van der Waals surface area contributed by atoms with Gasteiger partial charge in [-0.15, -0.1) is 0 Å². The van der Waals surface area contributed by atoms with Crippen molar-refractivity contribution in [2.24, 2.45) is 11.8 Å². The van der Waals surface area contributed by atoms with Crippen molar-refractivity contribution in [1.82, 2.24) is 0 Å². The fourth-order valence-electron chi connectivity index (χ4n) is 3.00. The first-order chi connectivity index (χ1) is 12.0. The van der Waals surface area contributed by atoms with E-state index in [0.29, 0.717) is 6.42 Å². The van der Waals surface area contributed by atoms with E-state index in [0.717, 1.165) is 31.6 Å². The van der Waals surface area contributed by atoms with Crippen molar-refractivity contribution in [2.75, 3.05) is 0 Å². The summed E-state index contributed by atoms with van der Waals surface area (Å²) in [6, 6.07) is 0. The lowest BCUT2D eigenvalue weighted by Gasteiger charge is -2.15. The zero-order chi connectivity index (χ0) is 18.9. The van der Waals surface area contributed by atoms with E-state index in [-0.39, 0.29) is 18.4 Å². The van der Waals surface area contributed by atoms with Crippen LogP contribution in [0.15, 0.2) is 12.2 Å². The number of carboxylic acid groups (broad SMARTS) is 1. The van der Waals surface area contributed by atoms with Crippen LogP contribution in [0.5, 0.6) is 0 Å². The van der Waals surface area contributed by atoms with Crippen molar-refractivity contribution in [2.45, 2.75) is 110 Å². The zero-order valence-corrected chi connectivity index (χ0v) is 16.9. The zero-order valence-electron chi connectivity index (χ0n) is 16.9. The fraction of sp³-hybridized carbons (Fsp3) is 0.864. The number of hydrogen-bond acceptors (Lipinski definition) is 2. The Morgan fingerprint density at radius 3 is 2.20 bits per heavy atom. The van der Waals surface area contributed by atoms with E-state index in [1.165, 1.54) is 44.9 Å². The van der Waals surface area contributed by atoms with Crippen molar-refractivity contribution in [3.8, 4) is 0 Å². The maximum absolute atomic E-state index is 10.4. The molecule has 0 heterocycles. The standard InChI is InChI=1S/C22H42O3/c1-4-19(2)15-11-8-6-5-7-9-12-16-20(3)21(23)17-13-10-14-18-22(24)25/h12,16,19-21,23H,4-11,13-15,17-18H2,1-3H3,(H,24,25). The molecule has 0 aliphatic heterocycles. The molecule has 148 valence electrons. The van der Waals surface area contributed by atoms with Crippen LogP contribution in [0, 0.1) is 11.8 Å². The Hall–Kier alpha value is -0.830. The van der Waals surface area contributed by atoms with Gasteiger partial charge in [-0.2, -0.15) is 0 Å². The quantitative estimate of drug-likeness (QED) is 0.236. The molecule has 3 unspecified atom stereocenters. The third-order valence-electron chi connectivity index (χ3n) is 5.20. The largest absolute Gasteiger partial charge is 0.481 e. The van der Waals surface area contributed by atoms with Crippen molar-refractivity contribution in [3.63, 3.8) is 0 Å². The average molecular weight is 355 g/mol. The van der Waals surface area contributed by atoms with E-state index in [1.807, 2.05) is 0 Å². The minimum absolute atomic E-state index is 0.190. The van der Waals surface area contributed by atoms with Crippen LogP contribution in [0.25, 0.3) is 0 Å². The molecular weight excluding hydrogens is 312 g/mol. The lowest BCUT2D eigenvalue weighted by molar-refractivity contribution is -0.137. The van der Waals surface area contributed by atoms with Crippen molar-refractivity contribution < 1.29 is 15.0 Å². The van der Waals surface area contributed by atoms with Crippen LogP contribution in [-0.2, 0) is 4.79 Å². The summed E-state index contributed by atoms with van der Waals surface area (Å²) < 4.78 is 0. The average Bonchev–Trinajstić information content (AvgIpc) is 2.58. The number of carbonyl (C=O) groups is 1. The fourth-order valence-corrected chi connectivity index (χ4v) is 3.00. The molecule has 0 fully saturated rings. The van der Waals surface area contributed by atoms with E-state index in [2.05, 4.69) is 32.9 Å². The van der Waals surface area contributed by atoms with E-state index in [1.54, 1.807) is 0 Å². The van der Waals surface area contributed by atoms with Crippen LogP contribution in [0.1, 0.15) is 104 Å². The van der Waals surface area contributed by atoms with Crippen molar-refractivity contribution >= 4 is 5.97 Å². The molecule has 3 nitrogen and oxygen atoms in total. The van der Waals surface area contributed by atoms with E-state index >= 15 is 0 Å². The Kier molecular flexibility index (Phi) is 16.1. The van der Waals surface area contributed by atoms with Gasteiger partial charge >= 0.3 is 5.97 Å². The molecule has 3 heteroatoms. The molecule has 0 bridgehead atoms. The number of allylic oxidation sites excluding steroid dienone is 1. The number of aliphatic hydroxyl groups is 1. The second kappa shape index (κ2) is 16.6. The highest BCUT2D eigenvalue weighted by molar-refractivity contribution is 5.66. The predicted molar refractivity (Wildman–Crippen MR) is 107 cm³/mol. The van der Waals surface area contributed by atoms with Gasteiger partial charge in [0.05, 0.1) is 6.10 Å². The third kappa shape index (κ3) is 16.4. The number of aliphatic hydroxyl groups excluding tert-OH is 1. The molecule has 0 saturated heterocycles. The molecule has 0 aromatic heterocycles. The Bertz CT molecular complexity index is 338. The lowest BCUT2D eigenvalue weighted by atomic mass is 9.97. The van der Waals surface area contributed by atoms with Gasteiger partial charge in [-0.3, -0.25) is 4.79 Å². The maximum atomic E-state index is 10.4. The first-order valence-electron chi connectivity index (χ1n) is 10.5. The molecule has 0 radical (unpaired) electrons. The van der Waals surface area contributed by atoms with E-state index < -0.39 is 5.97 Å². The van der Waals surface area contributed by atoms with Gasteiger partial charge in [0.2, 0.25) is 0 Å². The molecule has 2 N–H and O–H groups in total. The smallest absolute Gasteiger partial charge is 0.303 e. The number of unbranched alkanes of at least 4 members (excludes halogenated alkanes) is 7. The van der Waals surface area contributed by atoms with Crippen LogP contribution < -0.4 is 0 Å². The van der Waals surface area contributed by atoms with Crippen LogP contribution in [0.3, 0.4) is 0 Å². The van der Waals surface area contributed by atoms with Gasteiger partial charge < -0.3 is 10.2 Å². The topological polar surface area (TPSA) is 57.5 Å². The van der Waals surface area contributed by atoms with E-state index in [9.17, 15) is 9.90 Å². The molecule has 0 aromatic rings. The molecule has 0 aliphatic carbocycles. The van der Waals surface area contributed by atoms with Crippen LogP contribution in [0.4, 0.5) is 0 Å². The summed E-state index contributed by atoms with van der Waals surface area (Å²) in [5.74, 6) is 0.343. The first-order valence-corrected chi connectivity index (χ1v) is 10.5. The first kappa shape index (κ1) is 24.2. The molecule has 0 saturated carbocycles. The molecule has 25 heavy (non-hydrogen) atoms. The van der Waals surface area contributed by atoms with Gasteiger partial charge in [0.1, 0.15) is 0 Å². The molecule has 0 aliphatic rings. The van der Waals surface area contributed by atoms with E-state index in [4.69, 9.17) is 5.11 Å². The highest BCUT2D eigenvalue weighted by atomic mass is 16.4. The molecule has 0 rings (SSSR count). The summed E-state index contributed by atoms with van der Waals surface area (Å²) in [5, 5.41) is 18.7. The molecule has 0 aromatic carbocycles. The summed E-state index contributed by atoms with van der Waals surface area (Å²) >= 11 is 0. The molecular formula is C22H42O3. The highest BCUT2D eigenvalue weighted by Gasteiger charge is 2.10. The second-order valence-corrected chi connectivity index (χ2v) is 7.71. The maximum Gasteiger partial charge on any atom is 0.303 e. The summed E-state index contributed by atoms with van der Waals surface area (Å²) in [7, 11) is 0. The Morgan fingerprint density at radius 2 is 1.52 bits per heavy atom. The monoisotopic (exact) mass is 354 g/mol. The van der Waals surface area contributed by atoms with Crippen LogP contribution in [-0.4, -0.2) is 22.3 Å². The Morgan fingerprint density at radius 1 is 0.920 bits per heavy atom. The van der Waals surface area contributed by atoms with Crippen molar-refractivity contribution in [1.29, 1.82) is 0 Å². The van der Waals surface area contributed by atoms with Gasteiger partial charge in [-0.05, 0) is 37.5 Å². The van der Waals surface area contributed by atoms with Gasteiger partial charge in [0.25, 0.3) is 0 Å². The third-order valence-corrected chi connectivity index (χ3v) is 5.20. The molecule has 0 amide bonds. The minimum atomic E-state index is -0.729. The molecule has 3 atom stereocenters. The molecule has 0 spiro atoms. The number of rotatable bonds is 17. The number of hydrogen-bond donors (Lipinski definition) is 2. The van der Waals surface area contributed by atoms with Crippen LogP contribution >= 0.6 is 0 Å². The highest BCUT2D eigenvalue weighted by Crippen LogP contribution is 2.16. The minimum Gasteiger partial charge on any atom is -0.481 e. The summed E-state index contributed by atoms with van der Waals surface area (Å²) in [4.78, 5) is 10.4.